The number of hydrogen-bond acceptors (Lipinski definition) is 4. The van der Waals surface area contributed by atoms with Crippen molar-refractivity contribution in [1.82, 2.24) is 10.2 Å². The number of amides is 1. The van der Waals surface area contributed by atoms with Gasteiger partial charge in [0.15, 0.2) is 0 Å². The highest BCUT2D eigenvalue weighted by Crippen LogP contribution is 2.19. The van der Waals surface area contributed by atoms with Crippen LogP contribution >= 0.6 is 12.4 Å². The number of carbonyl (C=O) groups is 1. The number of piperidine rings is 1. The van der Waals surface area contributed by atoms with Crippen molar-refractivity contribution < 1.29 is 9.53 Å². The van der Waals surface area contributed by atoms with Crippen LogP contribution in [0.4, 0.5) is 0 Å². The molecular weight excluding hydrogens is 314 g/mol. The molecule has 0 radical (unpaired) electrons. The Bertz CT molecular complexity index is 459. The van der Waals surface area contributed by atoms with E-state index in [1.54, 1.807) is 7.11 Å². The van der Waals surface area contributed by atoms with Crippen LogP contribution in [0.15, 0.2) is 24.3 Å². The number of carbonyl (C=O) groups excluding carboxylic acids is 1. The van der Waals surface area contributed by atoms with Gasteiger partial charge in [0.25, 0.3) is 0 Å². The Balaban J connectivity index is 0.00000264. The van der Waals surface area contributed by atoms with E-state index in [1.165, 1.54) is 5.56 Å². The van der Waals surface area contributed by atoms with Crippen LogP contribution in [0, 0.1) is 5.92 Å². The fourth-order valence-electron chi connectivity index (χ4n) is 2.82. The van der Waals surface area contributed by atoms with Crippen molar-refractivity contribution in [3.8, 4) is 5.75 Å². The van der Waals surface area contributed by atoms with Crippen LogP contribution in [-0.4, -0.2) is 44.1 Å². The number of hydrogen-bond donors (Lipinski definition) is 2. The largest absolute Gasteiger partial charge is 0.497 e. The number of nitrogens with zero attached hydrogens (tertiary/aromatic N) is 1. The highest BCUT2D eigenvalue weighted by molar-refractivity contribution is 5.85. The monoisotopic (exact) mass is 341 g/mol. The molecule has 0 spiro atoms. The summed E-state index contributed by atoms with van der Waals surface area (Å²) in [6, 6.07) is 8.26. The van der Waals surface area contributed by atoms with E-state index in [0.717, 1.165) is 44.8 Å². The zero-order valence-electron chi connectivity index (χ0n) is 13.8. The molecule has 1 saturated heterocycles. The lowest BCUT2D eigenvalue weighted by Crippen LogP contribution is -2.38. The Morgan fingerprint density at radius 1 is 1.30 bits per heavy atom. The third-order valence-electron chi connectivity index (χ3n) is 4.23. The Hall–Kier alpha value is -1.30. The van der Waals surface area contributed by atoms with Gasteiger partial charge in [-0.25, -0.2) is 0 Å². The zero-order chi connectivity index (χ0) is 15.8. The number of nitrogens with two attached hydrogens (primary N) is 1. The Labute approximate surface area is 145 Å². The molecule has 0 saturated carbocycles. The van der Waals surface area contributed by atoms with Crippen LogP contribution < -0.4 is 15.8 Å². The molecule has 1 aromatic carbocycles. The third kappa shape index (κ3) is 6.77. The standard InChI is InChI=1S/C17H27N3O2.ClH/c1-22-16-4-2-15(3-5-16)13-20-10-7-14(8-11-20)12-19-17(21)6-9-18;/h2-5,14H,6-13,18H2,1H3,(H,19,21);1H. The van der Waals surface area contributed by atoms with E-state index in [4.69, 9.17) is 10.5 Å². The summed E-state index contributed by atoms with van der Waals surface area (Å²) in [6.07, 6.45) is 2.70. The minimum absolute atomic E-state index is 0. The molecule has 23 heavy (non-hydrogen) atoms. The summed E-state index contributed by atoms with van der Waals surface area (Å²) in [7, 11) is 1.69. The molecule has 1 fully saturated rings. The lowest BCUT2D eigenvalue weighted by Gasteiger charge is -2.32. The van der Waals surface area contributed by atoms with Gasteiger partial charge in [0.2, 0.25) is 5.91 Å². The van der Waals surface area contributed by atoms with E-state index >= 15 is 0 Å². The molecule has 1 aliphatic heterocycles. The molecule has 0 unspecified atom stereocenters. The first-order valence-electron chi connectivity index (χ1n) is 8.03. The van der Waals surface area contributed by atoms with Crippen LogP contribution in [0.5, 0.6) is 5.75 Å². The lowest BCUT2D eigenvalue weighted by atomic mass is 9.96. The van der Waals surface area contributed by atoms with E-state index in [-0.39, 0.29) is 18.3 Å². The van der Waals surface area contributed by atoms with E-state index in [1.807, 2.05) is 12.1 Å². The molecule has 5 nitrogen and oxygen atoms in total. The maximum atomic E-state index is 11.4. The SMILES string of the molecule is COc1ccc(CN2CCC(CNC(=O)CCN)CC2)cc1.Cl. The zero-order valence-corrected chi connectivity index (χ0v) is 14.6. The number of halogens is 1. The van der Waals surface area contributed by atoms with Gasteiger partial charge in [-0.05, 0) is 49.5 Å². The molecule has 1 aromatic rings. The van der Waals surface area contributed by atoms with Crippen molar-refractivity contribution in [3.05, 3.63) is 29.8 Å². The van der Waals surface area contributed by atoms with Gasteiger partial charge in [-0.2, -0.15) is 0 Å². The highest BCUT2D eigenvalue weighted by Gasteiger charge is 2.19. The molecule has 2 rings (SSSR count). The average Bonchev–Trinajstić information content (AvgIpc) is 2.55. The number of benzene rings is 1. The van der Waals surface area contributed by atoms with Crippen LogP contribution in [0.25, 0.3) is 0 Å². The quantitative estimate of drug-likeness (QED) is 0.793. The minimum Gasteiger partial charge on any atom is -0.497 e. The third-order valence-corrected chi connectivity index (χ3v) is 4.23. The van der Waals surface area contributed by atoms with Crippen molar-refractivity contribution in [2.24, 2.45) is 11.7 Å². The molecule has 1 heterocycles. The van der Waals surface area contributed by atoms with E-state index in [2.05, 4.69) is 22.3 Å². The van der Waals surface area contributed by atoms with Crippen molar-refractivity contribution in [1.29, 1.82) is 0 Å². The van der Waals surface area contributed by atoms with Gasteiger partial charge in [-0.1, -0.05) is 12.1 Å². The van der Waals surface area contributed by atoms with Crippen LogP contribution in [-0.2, 0) is 11.3 Å². The van der Waals surface area contributed by atoms with Crippen LogP contribution in [0.3, 0.4) is 0 Å². The second-order valence-electron chi connectivity index (χ2n) is 5.91. The molecule has 0 aromatic heterocycles. The fraction of sp³-hybridized carbons (Fsp3) is 0.588. The van der Waals surface area contributed by atoms with Crippen LogP contribution in [0.1, 0.15) is 24.8 Å². The number of ether oxygens (including phenoxy) is 1. The number of nitrogens with one attached hydrogen (secondary N) is 1. The second kappa shape index (κ2) is 10.5. The van der Waals surface area contributed by atoms with Gasteiger partial charge in [0, 0.05) is 26.1 Å². The average molecular weight is 342 g/mol. The second-order valence-corrected chi connectivity index (χ2v) is 5.91. The molecule has 0 bridgehead atoms. The first-order valence-corrected chi connectivity index (χ1v) is 8.03. The molecular formula is C17H28ClN3O2. The topological polar surface area (TPSA) is 67.6 Å². The van der Waals surface area contributed by atoms with Gasteiger partial charge >= 0.3 is 0 Å². The molecule has 0 atom stereocenters. The van der Waals surface area contributed by atoms with Crippen molar-refractivity contribution in [2.75, 3.05) is 33.3 Å². The van der Waals surface area contributed by atoms with Gasteiger partial charge in [0.05, 0.1) is 7.11 Å². The Morgan fingerprint density at radius 2 is 1.96 bits per heavy atom. The normalized spacial score (nSPS) is 15.7. The molecule has 0 aliphatic carbocycles. The number of likely N-dealkylation sites (tertiary alicyclic amines) is 1. The number of rotatable bonds is 7. The van der Waals surface area contributed by atoms with E-state index in [9.17, 15) is 4.79 Å². The minimum atomic E-state index is 0. The first kappa shape index (κ1) is 19.7. The Kier molecular flexibility index (Phi) is 8.99. The van der Waals surface area contributed by atoms with Crippen molar-refractivity contribution >= 4 is 18.3 Å². The maximum Gasteiger partial charge on any atom is 0.221 e. The number of methoxy groups -OCH3 is 1. The Morgan fingerprint density at radius 3 is 2.52 bits per heavy atom. The van der Waals surface area contributed by atoms with Gasteiger partial charge in [-0.15, -0.1) is 12.4 Å². The summed E-state index contributed by atoms with van der Waals surface area (Å²) in [5, 5.41) is 2.98. The molecule has 1 aliphatic rings. The summed E-state index contributed by atoms with van der Waals surface area (Å²) in [5.41, 5.74) is 6.69. The van der Waals surface area contributed by atoms with Crippen molar-refractivity contribution in [3.63, 3.8) is 0 Å². The van der Waals surface area contributed by atoms with Gasteiger partial charge in [0.1, 0.15) is 5.75 Å². The van der Waals surface area contributed by atoms with Crippen LogP contribution in [0.2, 0.25) is 0 Å². The van der Waals surface area contributed by atoms with E-state index < -0.39 is 0 Å². The highest BCUT2D eigenvalue weighted by atomic mass is 35.5. The molecule has 6 heteroatoms. The predicted octanol–water partition coefficient (Wildman–Crippen LogP) is 1.79. The summed E-state index contributed by atoms with van der Waals surface area (Å²) in [5.74, 6) is 1.56. The van der Waals surface area contributed by atoms with Gasteiger partial charge < -0.3 is 15.8 Å². The molecule has 3 N–H and O–H groups in total. The van der Waals surface area contributed by atoms with E-state index in [0.29, 0.717) is 18.9 Å². The smallest absolute Gasteiger partial charge is 0.221 e. The van der Waals surface area contributed by atoms with Gasteiger partial charge in [-0.3, -0.25) is 9.69 Å². The summed E-state index contributed by atoms with van der Waals surface area (Å²) < 4.78 is 5.18. The summed E-state index contributed by atoms with van der Waals surface area (Å²) >= 11 is 0. The van der Waals surface area contributed by atoms with Crippen molar-refractivity contribution in [2.45, 2.75) is 25.8 Å². The predicted molar refractivity (Wildman–Crippen MR) is 94.9 cm³/mol. The molecule has 1 amide bonds. The lowest BCUT2D eigenvalue weighted by molar-refractivity contribution is -0.121. The molecule has 130 valence electrons. The maximum absolute atomic E-state index is 11.4. The summed E-state index contributed by atoms with van der Waals surface area (Å²) in [4.78, 5) is 13.9. The fourth-order valence-corrected chi connectivity index (χ4v) is 2.82. The summed E-state index contributed by atoms with van der Waals surface area (Å²) in [6.45, 7) is 4.37. The first-order chi connectivity index (χ1) is 10.7.